The molecule has 0 rings (SSSR count). The second-order valence-electron chi connectivity index (χ2n) is 0. The van der Waals surface area contributed by atoms with E-state index in [0.29, 0.717) is 0 Å². The summed E-state index contributed by atoms with van der Waals surface area (Å²) in [6.45, 7) is 0. The van der Waals surface area contributed by atoms with Crippen LogP contribution in [0.1, 0.15) is 0 Å². The lowest BCUT2D eigenvalue weighted by Crippen LogP contribution is -0.481. The highest BCUT2D eigenvalue weighted by atomic mass is 31.0. The molecule has 1 atom stereocenters. The fraction of sp³-hybridized carbons (Fsp3) is 0. The summed E-state index contributed by atoms with van der Waals surface area (Å²) in [6, 6.07) is 0. The summed E-state index contributed by atoms with van der Waals surface area (Å²) in [5.74, 6) is 0. The molecule has 0 spiro atoms. The minimum Gasteiger partial charge on any atom is -0.412 e. The SMILES string of the molecule is N.O.O.P.[B]. The second-order valence-corrected chi connectivity index (χ2v) is 0. The first kappa shape index (κ1) is 732. The minimum absolute atomic E-state index is 0. The molecule has 0 amide bonds. The average Bonchev–Trinajstić information content (AvgIpc) is 0. The van der Waals surface area contributed by atoms with E-state index in [-0.39, 0.29) is 35.4 Å². The summed E-state index contributed by atoms with van der Waals surface area (Å²) in [4.78, 5) is 0. The lowest BCUT2D eigenvalue weighted by atomic mass is 10.8. The first-order chi connectivity index (χ1) is 0. The van der Waals surface area contributed by atoms with Gasteiger partial charge in [-0.25, -0.2) is 0 Å². The smallest absolute Gasteiger partial charge is 0 e. The van der Waals surface area contributed by atoms with Crippen LogP contribution in [-0.4, -0.2) is 19.4 Å². The molecule has 3 radical (unpaired) electrons. The van der Waals surface area contributed by atoms with Gasteiger partial charge in [0.1, 0.15) is 0 Å². The molecule has 0 fully saturated rings. The van der Waals surface area contributed by atoms with Crippen molar-refractivity contribution in [1.82, 2.24) is 6.15 Å². The van der Waals surface area contributed by atoms with Gasteiger partial charge in [0.2, 0.25) is 0 Å². The number of rotatable bonds is 0. The largest absolute Gasteiger partial charge is 0.412 e. The maximum Gasteiger partial charge on any atom is 0 e. The molecule has 0 saturated heterocycles. The molecule has 0 aliphatic heterocycles. The van der Waals surface area contributed by atoms with Gasteiger partial charge in [-0.05, 0) is 0 Å². The molecule has 0 aromatic rings. The summed E-state index contributed by atoms with van der Waals surface area (Å²) in [6.07, 6.45) is 0. The highest BCUT2D eigenvalue weighted by Crippen LogP contribution is 0.861. The van der Waals surface area contributed by atoms with Crippen molar-refractivity contribution >= 4 is 18.3 Å². The van der Waals surface area contributed by atoms with Crippen molar-refractivity contribution in [3.05, 3.63) is 0 Å². The lowest BCUT2D eigenvalue weighted by molar-refractivity contribution is 0.823. The van der Waals surface area contributed by atoms with E-state index in [1.165, 1.54) is 0 Å². The molecule has 0 aliphatic carbocycles. The summed E-state index contributed by atoms with van der Waals surface area (Å²) in [5, 5.41) is 0. The van der Waals surface area contributed by atoms with Crippen molar-refractivity contribution in [2.45, 2.75) is 0 Å². The Kier molecular flexibility index (Phi) is 51900. The summed E-state index contributed by atoms with van der Waals surface area (Å²) in [5.41, 5.74) is 0. The van der Waals surface area contributed by atoms with Crippen molar-refractivity contribution < 1.29 is 11.0 Å². The monoisotopic (exact) mass is 98.1 g/mol. The zero-order chi connectivity index (χ0) is 0. The quantitative estimate of drug-likeness (QED) is 0.280. The van der Waals surface area contributed by atoms with Crippen molar-refractivity contribution in [1.29, 1.82) is 0 Å². The molecule has 0 aromatic heterocycles. The normalized spacial score (nSPS) is 0. The Bertz CT molecular complexity index is 9.61. The third-order valence-electron chi connectivity index (χ3n) is 0. The average molecular weight is 97.9 g/mol. The van der Waals surface area contributed by atoms with Gasteiger partial charge < -0.3 is 17.1 Å². The van der Waals surface area contributed by atoms with Gasteiger partial charge in [0, 0.05) is 8.41 Å². The maximum absolute atomic E-state index is 0. The third-order valence-corrected chi connectivity index (χ3v) is 0. The molecule has 0 aromatic carbocycles. The highest BCUT2D eigenvalue weighted by molar-refractivity contribution is 6.92. The van der Waals surface area contributed by atoms with E-state index < -0.39 is 0 Å². The molecule has 0 aliphatic rings. The van der Waals surface area contributed by atoms with E-state index in [4.69, 9.17) is 0 Å². The van der Waals surface area contributed by atoms with Gasteiger partial charge in [-0.1, -0.05) is 0 Å². The van der Waals surface area contributed by atoms with Crippen LogP contribution in [0.3, 0.4) is 0 Å². The van der Waals surface area contributed by atoms with Gasteiger partial charge in [-0.3, -0.25) is 0 Å². The van der Waals surface area contributed by atoms with E-state index >= 15 is 0 Å². The number of hydrogen-bond donors (Lipinski definition) is 1. The van der Waals surface area contributed by atoms with Crippen LogP contribution in [0.4, 0.5) is 0 Å². The Morgan fingerprint density at radius 3 is 0.800 bits per heavy atom. The fourth-order valence-corrected chi connectivity index (χ4v) is 0. The van der Waals surface area contributed by atoms with Crippen molar-refractivity contribution in [2.24, 2.45) is 0 Å². The Labute approximate surface area is 36.5 Å². The highest BCUT2D eigenvalue weighted by Gasteiger charge is 0.0000144. The van der Waals surface area contributed by atoms with Crippen molar-refractivity contribution in [3.8, 4) is 0 Å². The molecule has 1 unspecified atom stereocenters. The molecular formula is H10BNO2P. The van der Waals surface area contributed by atoms with Crippen LogP contribution in [0.15, 0.2) is 0 Å². The van der Waals surface area contributed by atoms with Crippen LogP contribution in [-0.2, 0) is 0 Å². The predicted octanol–water partition coefficient (Wildman–Crippen LogP) is -1.81. The van der Waals surface area contributed by atoms with E-state index in [2.05, 4.69) is 0 Å². The summed E-state index contributed by atoms with van der Waals surface area (Å²) >= 11 is 0. The van der Waals surface area contributed by atoms with Gasteiger partial charge in [0.15, 0.2) is 0 Å². The van der Waals surface area contributed by atoms with Gasteiger partial charge >= 0.3 is 0 Å². The Morgan fingerprint density at radius 1 is 0.800 bits per heavy atom. The first-order valence-corrected chi connectivity index (χ1v) is 0. The molecular weight excluding hydrogens is 87.8 g/mol. The van der Waals surface area contributed by atoms with Crippen LogP contribution < -0.4 is 6.15 Å². The van der Waals surface area contributed by atoms with Crippen LogP contribution in [0, 0.1) is 0 Å². The molecule has 0 saturated carbocycles. The standard InChI is InChI=1S/B.H3N.2H2O.H3P/h;1H3;2*1H2;1H3. The lowest BCUT2D eigenvalue weighted by Gasteiger charge is -0.413. The van der Waals surface area contributed by atoms with E-state index in [1.807, 2.05) is 0 Å². The molecule has 35 valence electrons. The van der Waals surface area contributed by atoms with Crippen molar-refractivity contribution in [3.63, 3.8) is 0 Å². The third kappa shape index (κ3) is 176. The fourth-order valence-electron chi connectivity index (χ4n) is 0. The predicted molar refractivity (Wildman–Crippen MR) is 29.1 cm³/mol. The molecule has 0 heterocycles. The summed E-state index contributed by atoms with van der Waals surface area (Å²) < 4.78 is 0. The van der Waals surface area contributed by atoms with Crippen molar-refractivity contribution in [2.75, 3.05) is 0 Å². The molecule has 3 nitrogen and oxygen atoms in total. The molecule has 7 N–H and O–H groups in total. The molecule has 5 heavy (non-hydrogen) atoms. The Balaban J connectivity index is 0. The molecule has 5 heteroatoms. The topological polar surface area (TPSA) is 98.0 Å². The Morgan fingerprint density at radius 2 is 0.800 bits per heavy atom. The van der Waals surface area contributed by atoms with E-state index in [9.17, 15) is 0 Å². The van der Waals surface area contributed by atoms with Crippen LogP contribution in [0.2, 0.25) is 0 Å². The van der Waals surface area contributed by atoms with Gasteiger partial charge in [0.25, 0.3) is 0 Å². The van der Waals surface area contributed by atoms with Gasteiger partial charge in [-0.15, -0.1) is 0 Å². The van der Waals surface area contributed by atoms with Crippen LogP contribution in [0.5, 0.6) is 0 Å². The summed E-state index contributed by atoms with van der Waals surface area (Å²) in [7, 11) is 0. The maximum atomic E-state index is 0. The van der Waals surface area contributed by atoms with Crippen LogP contribution >= 0.6 is 9.90 Å². The van der Waals surface area contributed by atoms with E-state index in [1.54, 1.807) is 0 Å². The van der Waals surface area contributed by atoms with Gasteiger partial charge in [-0.2, -0.15) is 9.90 Å². The second kappa shape index (κ2) is 354. The zero-order valence-corrected chi connectivity index (χ0v) is 4.41. The first-order valence-electron chi connectivity index (χ1n) is 0. The van der Waals surface area contributed by atoms with Gasteiger partial charge in [0.05, 0.1) is 0 Å². The number of hydrogen-bond acceptors (Lipinski definition) is 1. The molecule has 0 bridgehead atoms. The Hall–Kier alpha value is 0.375. The zero-order valence-electron chi connectivity index (χ0n) is 2.99. The minimum atomic E-state index is 0. The van der Waals surface area contributed by atoms with E-state index in [0.717, 1.165) is 0 Å². The van der Waals surface area contributed by atoms with Crippen LogP contribution in [0.25, 0.3) is 0 Å².